The lowest BCUT2D eigenvalue weighted by molar-refractivity contribution is 1.26. The van der Waals surface area contributed by atoms with Gasteiger partial charge < -0.3 is 9.80 Å². The molecule has 4 nitrogen and oxygen atoms in total. The van der Waals surface area contributed by atoms with Crippen molar-refractivity contribution in [3.63, 3.8) is 0 Å². The molecule has 61 heavy (non-hydrogen) atoms. The lowest BCUT2D eigenvalue weighted by Gasteiger charge is -2.26. The van der Waals surface area contributed by atoms with Gasteiger partial charge in [-0.15, -0.1) is 0 Å². The summed E-state index contributed by atoms with van der Waals surface area (Å²) in [6.45, 7) is 2.10. The Morgan fingerprint density at radius 1 is 0.262 bits per heavy atom. The molecule has 0 fully saturated rings. The molecule has 0 unspecified atom stereocenters. The largest absolute Gasteiger partial charge is 0.311 e. The average Bonchev–Trinajstić information content (AvgIpc) is 3.33. The maximum Gasteiger partial charge on any atom is 0.0973 e. The van der Waals surface area contributed by atoms with Crippen LogP contribution in [0.5, 0.6) is 0 Å². The van der Waals surface area contributed by atoms with E-state index in [0.29, 0.717) is 0 Å². The van der Waals surface area contributed by atoms with E-state index in [9.17, 15) is 0 Å². The third-order valence-corrected chi connectivity index (χ3v) is 11.1. The van der Waals surface area contributed by atoms with Crippen molar-refractivity contribution in [1.82, 2.24) is 9.97 Å². The third-order valence-electron chi connectivity index (χ3n) is 11.1. The van der Waals surface area contributed by atoms with E-state index in [1.807, 2.05) is 0 Å². The van der Waals surface area contributed by atoms with Gasteiger partial charge in [0.15, 0.2) is 0 Å². The fourth-order valence-corrected chi connectivity index (χ4v) is 8.02. The molecule has 0 aliphatic carbocycles. The minimum atomic E-state index is 0.838. The van der Waals surface area contributed by atoms with Crippen LogP contribution < -0.4 is 9.80 Å². The Morgan fingerprint density at radius 3 is 0.934 bits per heavy atom. The fraction of sp³-hybridized carbons (Fsp3) is 0.0175. The first-order chi connectivity index (χ1) is 30.1. The van der Waals surface area contributed by atoms with Gasteiger partial charge in [0.25, 0.3) is 0 Å². The zero-order valence-corrected chi connectivity index (χ0v) is 33.8. The van der Waals surface area contributed by atoms with Gasteiger partial charge in [-0.3, -0.25) is 0 Å². The number of rotatable bonds is 10. The number of aryl methyl sites for hydroxylation is 1. The highest BCUT2D eigenvalue weighted by molar-refractivity contribution is 5.89. The zero-order chi connectivity index (χ0) is 41.0. The lowest BCUT2D eigenvalue weighted by atomic mass is 10.0. The van der Waals surface area contributed by atoms with Crippen molar-refractivity contribution in [3.05, 3.63) is 242 Å². The molecule has 0 N–H and O–H groups in total. The van der Waals surface area contributed by atoms with Crippen LogP contribution in [0.15, 0.2) is 237 Å². The Morgan fingerprint density at radius 2 is 0.557 bits per heavy atom. The second-order valence-corrected chi connectivity index (χ2v) is 15.2. The number of para-hydroxylation sites is 2. The topological polar surface area (TPSA) is 32.3 Å². The number of benzene rings is 9. The van der Waals surface area contributed by atoms with Gasteiger partial charge in [0.1, 0.15) is 0 Å². The quantitative estimate of drug-likeness (QED) is 0.138. The van der Waals surface area contributed by atoms with E-state index < -0.39 is 0 Å². The van der Waals surface area contributed by atoms with Crippen LogP contribution in [0.3, 0.4) is 0 Å². The van der Waals surface area contributed by atoms with Crippen LogP contribution in [0.1, 0.15) is 5.56 Å². The number of nitrogens with zero attached hydrogens (tertiary/aromatic N) is 4. The van der Waals surface area contributed by atoms with Crippen LogP contribution in [-0.4, -0.2) is 9.97 Å². The summed E-state index contributed by atoms with van der Waals surface area (Å²) in [5.74, 6) is 0. The second kappa shape index (κ2) is 16.6. The monoisotopic (exact) mass is 782 g/mol. The van der Waals surface area contributed by atoms with Crippen molar-refractivity contribution in [2.45, 2.75) is 6.92 Å². The van der Waals surface area contributed by atoms with Gasteiger partial charge in [0.05, 0.1) is 22.4 Å². The number of fused-ring (bicyclic) bond motifs is 1. The standard InChI is InChI=1S/C57H42N4/c1-41-22-39-54-55(40-41)59-57(47-29-37-53(38-30-47)61(49-20-12-5-13-21-49)51-33-25-45(26-34-51)43-16-8-3-9-17-43)56(58-54)46-27-35-52(36-28-46)60(48-18-10-4-11-19-48)50-31-23-44(24-32-50)42-14-6-2-7-15-42/h2-40H,1H3. The van der Waals surface area contributed by atoms with Crippen LogP contribution in [0.2, 0.25) is 0 Å². The van der Waals surface area contributed by atoms with Gasteiger partial charge in [-0.25, -0.2) is 9.97 Å². The predicted octanol–water partition coefficient (Wildman–Crippen LogP) is 15.5. The summed E-state index contributed by atoms with van der Waals surface area (Å²) in [6, 6.07) is 83.3. The summed E-state index contributed by atoms with van der Waals surface area (Å²) in [4.78, 5) is 15.2. The van der Waals surface area contributed by atoms with E-state index in [4.69, 9.17) is 9.97 Å². The molecule has 10 rings (SSSR count). The molecular weight excluding hydrogens is 741 g/mol. The first kappa shape index (κ1) is 37.2. The molecule has 1 heterocycles. The molecule has 1 aromatic heterocycles. The third kappa shape index (κ3) is 7.78. The van der Waals surface area contributed by atoms with E-state index in [1.165, 1.54) is 22.3 Å². The molecule has 0 bridgehead atoms. The van der Waals surface area contributed by atoms with Crippen molar-refractivity contribution in [2.24, 2.45) is 0 Å². The number of aromatic nitrogens is 2. The lowest BCUT2D eigenvalue weighted by Crippen LogP contribution is -2.10. The fourth-order valence-electron chi connectivity index (χ4n) is 8.02. The van der Waals surface area contributed by atoms with Crippen LogP contribution in [0.4, 0.5) is 34.1 Å². The van der Waals surface area contributed by atoms with Gasteiger partial charge >= 0.3 is 0 Å². The van der Waals surface area contributed by atoms with E-state index in [0.717, 1.165) is 73.2 Å². The van der Waals surface area contributed by atoms with E-state index in [1.54, 1.807) is 0 Å². The van der Waals surface area contributed by atoms with Crippen molar-refractivity contribution >= 4 is 45.2 Å². The Kier molecular flexibility index (Phi) is 10.2. The Labute approximate surface area is 357 Å². The van der Waals surface area contributed by atoms with Gasteiger partial charge in [-0.2, -0.15) is 0 Å². The molecule has 0 saturated carbocycles. The highest BCUT2D eigenvalue weighted by Crippen LogP contribution is 2.40. The van der Waals surface area contributed by atoms with Gasteiger partial charge in [-0.1, -0.05) is 152 Å². The highest BCUT2D eigenvalue weighted by atomic mass is 15.1. The SMILES string of the molecule is Cc1ccc2nc(-c3ccc(N(c4ccccc4)c4ccc(-c5ccccc5)cc4)cc3)c(-c3ccc(N(c4ccccc4)c4ccc(-c5ccccc5)cc4)cc3)nc2c1. The van der Waals surface area contributed by atoms with Crippen LogP contribution in [-0.2, 0) is 0 Å². The van der Waals surface area contributed by atoms with E-state index in [-0.39, 0.29) is 0 Å². The summed E-state index contributed by atoms with van der Waals surface area (Å²) in [7, 11) is 0. The van der Waals surface area contributed by atoms with Crippen molar-refractivity contribution < 1.29 is 0 Å². The normalized spacial score (nSPS) is 11.0. The average molecular weight is 783 g/mol. The van der Waals surface area contributed by atoms with Crippen LogP contribution in [0.25, 0.3) is 55.8 Å². The Balaban J connectivity index is 1.02. The summed E-state index contributed by atoms with van der Waals surface area (Å²) in [5.41, 5.74) is 17.8. The molecule has 0 aliphatic heterocycles. The summed E-state index contributed by atoms with van der Waals surface area (Å²) < 4.78 is 0. The molecule has 0 spiro atoms. The maximum absolute atomic E-state index is 5.31. The van der Waals surface area contributed by atoms with E-state index >= 15 is 0 Å². The van der Waals surface area contributed by atoms with Crippen molar-refractivity contribution in [3.8, 4) is 44.8 Å². The molecule has 0 aliphatic rings. The zero-order valence-electron chi connectivity index (χ0n) is 33.8. The summed E-state index contributed by atoms with van der Waals surface area (Å²) >= 11 is 0. The van der Waals surface area contributed by atoms with Crippen LogP contribution in [0, 0.1) is 6.92 Å². The molecular formula is C57H42N4. The Hall–Kier alpha value is -8.08. The van der Waals surface area contributed by atoms with Gasteiger partial charge in [-0.05, 0) is 120 Å². The first-order valence-corrected chi connectivity index (χ1v) is 20.7. The van der Waals surface area contributed by atoms with Gasteiger partial charge in [0.2, 0.25) is 0 Å². The molecule has 0 atom stereocenters. The highest BCUT2D eigenvalue weighted by Gasteiger charge is 2.18. The maximum atomic E-state index is 5.31. The smallest absolute Gasteiger partial charge is 0.0973 e. The van der Waals surface area contributed by atoms with Crippen LogP contribution >= 0.6 is 0 Å². The minimum Gasteiger partial charge on any atom is -0.311 e. The Bertz CT molecular complexity index is 3030. The molecule has 0 saturated heterocycles. The molecule has 0 amide bonds. The van der Waals surface area contributed by atoms with Gasteiger partial charge in [0, 0.05) is 45.3 Å². The van der Waals surface area contributed by atoms with E-state index in [2.05, 4.69) is 253 Å². The minimum absolute atomic E-state index is 0.838. The molecule has 4 heteroatoms. The molecule has 9 aromatic carbocycles. The number of hydrogen-bond donors (Lipinski definition) is 0. The summed E-state index contributed by atoms with van der Waals surface area (Å²) in [5, 5.41) is 0. The summed E-state index contributed by atoms with van der Waals surface area (Å²) in [6.07, 6.45) is 0. The van der Waals surface area contributed by atoms with Crippen molar-refractivity contribution in [2.75, 3.05) is 9.80 Å². The predicted molar refractivity (Wildman–Crippen MR) is 255 cm³/mol. The van der Waals surface area contributed by atoms with Crippen molar-refractivity contribution in [1.29, 1.82) is 0 Å². The first-order valence-electron chi connectivity index (χ1n) is 20.7. The molecule has 0 radical (unpaired) electrons. The molecule has 290 valence electrons. The number of hydrogen-bond acceptors (Lipinski definition) is 4. The second-order valence-electron chi connectivity index (χ2n) is 15.2. The molecule has 10 aromatic rings. The number of anilines is 6.